The molecular weight excluding hydrogens is 253 g/mol. The van der Waals surface area contributed by atoms with Crippen molar-refractivity contribution in [2.24, 2.45) is 0 Å². The summed E-state index contributed by atoms with van der Waals surface area (Å²) in [5.41, 5.74) is 0. The van der Waals surface area contributed by atoms with Gasteiger partial charge in [0.15, 0.2) is 16.3 Å². The largest absolute Gasteiger partial charge is 0.743 e. The van der Waals surface area contributed by atoms with Crippen LogP contribution in [0.4, 0.5) is 13.2 Å². The third kappa shape index (κ3) is 3.81. The molecule has 0 aliphatic rings. The molecule has 0 rings (SSSR count). The Kier molecular flexibility index (Phi) is 4.94. The second-order valence-corrected chi connectivity index (χ2v) is 4.10. The van der Waals surface area contributed by atoms with Crippen molar-refractivity contribution in [2.45, 2.75) is 17.8 Å². The molecule has 94 valence electrons. The lowest BCUT2D eigenvalue weighted by atomic mass is 10.3. The van der Waals surface area contributed by atoms with Gasteiger partial charge in [-0.05, 0) is 0 Å². The van der Waals surface area contributed by atoms with Crippen molar-refractivity contribution < 1.29 is 35.7 Å². The van der Waals surface area contributed by atoms with Gasteiger partial charge in [0.05, 0.1) is 6.61 Å². The molecule has 1 atom stereocenters. The summed E-state index contributed by atoms with van der Waals surface area (Å²) in [5.74, 6) is -0.972. The lowest BCUT2D eigenvalue weighted by Crippen LogP contribution is -2.39. The maximum Gasteiger partial charge on any atom is 0.364 e. The molecule has 9 heteroatoms. The fourth-order valence-electron chi connectivity index (χ4n) is 0.647. The van der Waals surface area contributed by atoms with Crippen LogP contribution in [0.5, 0.6) is 0 Å². The maximum atomic E-state index is 12.7. The molecule has 0 saturated carbocycles. The average Bonchev–Trinajstić information content (AvgIpc) is 2.15. The Morgan fingerprint density at radius 3 is 2.44 bits per heavy atom. The molecule has 0 amide bonds. The van der Waals surface area contributed by atoms with Crippen LogP contribution in [0.2, 0.25) is 0 Å². The minimum absolute atomic E-state index is 0.718. The summed E-state index contributed by atoms with van der Waals surface area (Å²) in [6.45, 7) is 2.20. The summed E-state index contributed by atoms with van der Waals surface area (Å²) in [4.78, 5) is 10.4. The minimum Gasteiger partial charge on any atom is -0.743 e. The first kappa shape index (κ1) is 14.9. The van der Waals surface area contributed by atoms with Crippen LogP contribution in [-0.2, 0) is 19.6 Å². The first-order valence-electron chi connectivity index (χ1n) is 3.89. The molecule has 0 aliphatic heterocycles. The molecule has 0 N–H and O–H groups in total. The Labute approximate surface area is 89.6 Å². The van der Waals surface area contributed by atoms with Gasteiger partial charge >= 0.3 is 11.2 Å². The first-order chi connectivity index (χ1) is 7.13. The smallest absolute Gasteiger partial charge is 0.364 e. The SMILES string of the molecule is C=CC(=O)OCCC(F)C(F)(F)S(=O)(=O)[O-]. The van der Waals surface area contributed by atoms with Crippen molar-refractivity contribution in [2.75, 3.05) is 6.61 Å². The second-order valence-electron chi connectivity index (χ2n) is 2.64. The van der Waals surface area contributed by atoms with Crippen molar-refractivity contribution in [1.82, 2.24) is 0 Å². The Balaban J connectivity index is 4.32. The van der Waals surface area contributed by atoms with E-state index in [0.717, 1.165) is 6.08 Å². The number of carbonyl (C=O) groups is 1. The van der Waals surface area contributed by atoms with E-state index in [1.165, 1.54) is 0 Å². The van der Waals surface area contributed by atoms with E-state index in [-0.39, 0.29) is 0 Å². The zero-order valence-electron chi connectivity index (χ0n) is 7.86. The molecule has 5 nitrogen and oxygen atoms in total. The van der Waals surface area contributed by atoms with Gasteiger partial charge in [0.25, 0.3) is 0 Å². The number of alkyl halides is 3. The molecular formula is C7H8F3O5S-. The normalized spacial score (nSPS) is 14.2. The number of rotatable bonds is 6. The summed E-state index contributed by atoms with van der Waals surface area (Å²) >= 11 is 0. The highest BCUT2D eigenvalue weighted by Gasteiger charge is 2.47. The summed E-state index contributed by atoms with van der Waals surface area (Å²) < 4.78 is 71.8. The van der Waals surface area contributed by atoms with Crippen LogP contribution in [0, 0.1) is 0 Å². The summed E-state index contributed by atoms with van der Waals surface area (Å²) in [5, 5.41) is -5.03. The third-order valence-corrected chi connectivity index (χ3v) is 2.40. The fourth-order valence-corrected chi connectivity index (χ4v) is 1.08. The van der Waals surface area contributed by atoms with Gasteiger partial charge in [0.2, 0.25) is 0 Å². The van der Waals surface area contributed by atoms with Gasteiger partial charge in [0.1, 0.15) is 0 Å². The first-order valence-corrected chi connectivity index (χ1v) is 5.30. The Morgan fingerprint density at radius 2 is 2.06 bits per heavy atom. The van der Waals surface area contributed by atoms with Crippen LogP contribution in [0.3, 0.4) is 0 Å². The lowest BCUT2D eigenvalue weighted by Gasteiger charge is -2.23. The standard InChI is InChI=1S/C7H9F3O5S/c1-2-6(11)15-4-3-5(8)7(9,10)16(12,13)14/h2,5H,1,3-4H2,(H,12,13,14)/p-1. The number of ether oxygens (including phenoxy) is 1. The van der Waals surface area contributed by atoms with Gasteiger partial charge in [-0.2, -0.15) is 8.78 Å². The summed E-state index contributed by atoms with van der Waals surface area (Å²) in [6, 6.07) is 0. The topological polar surface area (TPSA) is 83.5 Å². The molecule has 1 unspecified atom stereocenters. The van der Waals surface area contributed by atoms with Gasteiger partial charge in [-0.1, -0.05) is 6.58 Å². The summed E-state index contributed by atoms with van der Waals surface area (Å²) in [7, 11) is -6.08. The van der Waals surface area contributed by atoms with Crippen LogP contribution in [0.15, 0.2) is 12.7 Å². The number of esters is 1. The number of hydrogen-bond acceptors (Lipinski definition) is 5. The fraction of sp³-hybridized carbons (Fsp3) is 0.571. The van der Waals surface area contributed by atoms with E-state index in [0.29, 0.717) is 0 Å². The van der Waals surface area contributed by atoms with Crippen LogP contribution in [0.25, 0.3) is 0 Å². The van der Waals surface area contributed by atoms with E-state index in [1.54, 1.807) is 0 Å². The van der Waals surface area contributed by atoms with Crippen LogP contribution >= 0.6 is 0 Å². The molecule has 0 fully saturated rings. The molecule has 0 aliphatic carbocycles. The summed E-state index contributed by atoms with van der Waals surface area (Å²) in [6.07, 6.45) is -3.61. The number of carbonyl (C=O) groups excluding carboxylic acids is 1. The van der Waals surface area contributed by atoms with Gasteiger partial charge in [-0.25, -0.2) is 17.6 Å². The maximum absolute atomic E-state index is 12.7. The van der Waals surface area contributed by atoms with Gasteiger partial charge in [0, 0.05) is 12.5 Å². The van der Waals surface area contributed by atoms with Gasteiger partial charge < -0.3 is 9.29 Å². The van der Waals surface area contributed by atoms with Crippen molar-refractivity contribution in [3.63, 3.8) is 0 Å². The van der Waals surface area contributed by atoms with E-state index >= 15 is 0 Å². The zero-order chi connectivity index (χ0) is 13.0. The van der Waals surface area contributed by atoms with Crippen LogP contribution < -0.4 is 0 Å². The quantitative estimate of drug-likeness (QED) is 0.397. The highest BCUT2D eigenvalue weighted by molar-refractivity contribution is 7.86. The number of halogens is 3. The van der Waals surface area contributed by atoms with Crippen LogP contribution in [-0.4, -0.2) is 37.0 Å². The van der Waals surface area contributed by atoms with E-state index in [2.05, 4.69) is 11.3 Å². The zero-order valence-corrected chi connectivity index (χ0v) is 8.68. The van der Waals surface area contributed by atoms with Gasteiger partial charge in [-0.3, -0.25) is 0 Å². The van der Waals surface area contributed by atoms with E-state index < -0.39 is 40.5 Å². The molecule has 0 aromatic carbocycles. The molecule has 0 aromatic rings. The van der Waals surface area contributed by atoms with Gasteiger partial charge in [-0.15, -0.1) is 0 Å². The highest BCUT2D eigenvalue weighted by atomic mass is 32.2. The van der Waals surface area contributed by atoms with E-state index in [4.69, 9.17) is 0 Å². The average molecular weight is 261 g/mol. The second kappa shape index (κ2) is 5.30. The Morgan fingerprint density at radius 1 is 1.56 bits per heavy atom. The van der Waals surface area contributed by atoms with E-state index in [9.17, 15) is 30.9 Å². The van der Waals surface area contributed by atoms with Crippen molar-refractivity contribution >= 4 is 16.1 Å². The Hall–Kier alpha value is -1.09. The Bertz CT molecular complexity index is 364. The lowest BCUT2D eigenvalue weighted by molar-refractivity contribution is -0.138. The molecule has 0 heterocycles. The molecule has 0 aromatic heterocycles. The minimum atomic E-state index is -6.08. The van der Waals surface area contributed by atoms with E-state index in [1.807, 2.05) is 0 Å². The molecule has 0 spiro atoms. The molecule has 0 saturated heterocycles. The predicted octanol–water partition coefficient (Wildman–Crippen LogP) is 0.582. The highest BCUT2D eigenvalue weighted by Crippen LogP contribution is 2.29. The predicted molar refractivity (Wildman–Crippen MR) is 45.3 cm³/mol. The van der Waals surface area contributed by atoms with Crippen LogP contribution in [0.1, 0.15) is 6.42 Å². The van der Waals surface area contributed by atoms with Crippen molar-refractivity contribution in [1.29, 1.82) is 0 Å². The van der Waals surface area contributed by atoms with Crippen molar-refractivity contribution in [3.8, 4) is 0 Å². The third-order valence-electron chi connectivity index (χ3n) is 1.48. The number of hydrogen-bond donors (Lipinski definition) is 0. The monoisotopic (exact) mass is 261 g/mol. The molecule has 16 heavy (non-hydrogen) atoms. The van der Waals surface area contributed by atoms with Crippen molar-refractivity contribution in [3.05, 3.63) is 12.7 Å². The molecule has 0 radical (unpaired) electrons. The molecule has 0 bridgehead atoms.